The number of esters is 1. The molecule has 0 unspecified atom stereocenters. The molecule has 0 saturated heterocycles. The van der Waals surface area contributed by atoms with Crippen LogP contribution in [0.15, 0.2) is 41.3 Å². The molecule has 0 radical (unpaired) electrons. The highest BCUT2D eigenvalue weighted by Gasteiger charge is 2.21. The van der Waals surface area contributed by atoms with E-state index in [9.17, 15) is 14.4 Å². The zero-order chi connectivity index (χ0) is 22.8. The molecule has 0 saturated carbocycles. The molecule has 0 fully saturated rings. The van der Waals surface area contributed by atoms with Crippen molar-refractivity contribution in [3.8, 4) is 0 Å². The van der Waals surface area contributed by atoms with Gasteiger partial charge < -0.3 is 15.0 Å². The number of carbonyl (C=O) groups excluding carboxylic acids is 2. The van der Waals surface area contributed by atoms with Gasteiger partial charge in [0.15, 0.2) is 6.61 Å². The Morgan fingerprint density at radius 1 is 1.25 bits per heavy atom. The molecule has 0 aliphatic rings. The lowest BCUT2D eigenvalue weighted by Crippen LogP contribution is -2.22. The van der Waals surface area contributed by atoms with Gasteiger partial charge in [0.1, 0.15) is 21.3 Å². The van der Waals surface area contributed by atoms with E-state index in [1.54, 1.807) is 36.9 Å². The van der Waals surface area contributed by atoms with E-state index in [1.165, 1.54) is 0 Å². The van der Waals surface area contributed by atoms with Crippen molar-refractivity contribution >= 4 is 50.8 Å². The van der Waals surface area contributed by atoms with E-state index in [0.717, 1.165) is 16.9 Å². The molecular weight excluding hydrogens is 454 g/mol. The summed E-state index contributed by atoms with van der Waals surface area (Å²) in [7, 11) is 0. The van der Waals surface area contributed by atoms with Gasteiger partial charge in [0, 0.05) is 11.1 Å². The molecule has 11 heteroatoms. The predicted molar refractivity (Wildman–Crippen MR) is 121 cm³/mol. The number of hydrogen-bond acceptors (Lipinski definition) is 7. The lowest BCUT2D eigenvalue weighted by molar-refractivity contribution is -0.119. The number of carbonyl (C=O) groups is 2. The van der Waals surface area contributed by atoms with Gasteiger partial charge in [0.2, 0.25) is 0 Å². The van der Waals surface area contributed by atoms with Gasteiger partial charge in [-0.3, -0.25) is 9.59 Å². The second-order valence-corrected chi connectivity index (χ2v) is 8.38. The maximum absolute atomic E-state index is 12.5. The number of fused-ring (bicyclic) bond motifs is 1. The summed E-state index contributed by atoms with van der Waals surface area (Å²) >= 11 is 7.25. The number of amides is 1. The first-order valence-electron chi connectivity index (χ1n) is 9.55. The zero-order valence-corrected chi connectivity index (χ0v) is 18.7. The number of nitrogens with one attached hydrogen (secondary N) is 2. The standard InChI is InChI=1S/C21H18ClN5O4S/c1-11-17-19(29)24-12(2)25-20(17)32-18(11)21(30)31-10-16(28)26-15-7-8-23-27(15)9-13-5-3-4-6-14(13)22/h3-8H,9-10H2,1-2H3,(H,26,28)(H,24,25,29). The number of ether oxygens (including phenoxy) is 1. The maximum atomic E-state index is 12.5. The molecule has 4 aromatic rings. The van der Waals surface area contributed by atoms with Crippen LogP contribution in [0.1, 0.15) is 26.6 Å². The van der Waals surface area contributed by atoms with E-state index < -0.39 is 18.5 Å². The molecular formula is C21H18ClN5O4S. The number of aryl methyl sites for hydroxylation is 2. The van der Waals surface area contributed by atoms with Crippen LogP contribution in [0.5, 0.6) is 0 Å². The average Bonchev–Trinajstić information content (AvgIpc) is 3.31. The smallest absolute Gasteiger partial charge is 0.349 e. The van der Waals surface area contributed by atoms with Crippen LogP contribution < -0.4 is 10.9 Å². The van der Waals surface area contributed by atoms with E-state index in [0.29, 0.717) is 39.0 Å². The van der Waals surface area contributed by atoms with E-state index >= 15 is 0 Å². The van der Waals surface area contributed by atoms with Crippen LogP contribution in [0.4, 0.5) is 5.82 Å². The molecule has 0 bridgehead atoms. The lowest BCUT2D eigenvalue weighted by Gasteiger charge is -2.10. The Kier molecular flexibility index (Phi) is 6.06. The second kappa shape index (κ2) is 8.93. The quantitative estimate of drug-likeness (QED) is 0.416. The third-order valence-corrected chi connectivity index (χ3v) is 6.24. The van der Waals surface area contributed by atoms with Crippen molar-refractivity contribution in [3.63, 3.8) is 0 Å². The first-order chi connectivity index (χ1) is 15.3. The molecule has 4 rings (SSSR count). The fourth-order valence-electron chi connectivity index (χ4n) is 3.17. The molecule has 9 nitrogen and oxygen atoms in total. The largest absolute Gasteiger partial charge is 0.451 e. The molecule has 3 aromatic heterocycles. The normalized spacial score (nSPS) is 11.0. The van der Waals surface area contributed by atoms with Gasteiger partial charge in [-0.25, -0.2) is 14.5 Å². The van der Waals surface area contributed by atoms with E-state index in [2.05, 4.69) is 20.4 Å². The van der Waals surface area contributed by atoms with Crippen molar-refractivity contribution in [2.24, 2.45) is 0 Å². The molecule has 164 valence electrons. The number of halogens is 1. The second-order valence-electron chi connectivity index (χ2n) is 6.98. The molecule has 32 heavy (non-hydrogen) atoms. The number of H-pyrrole nitrogens is 1. The van der Waals surface area contributed by atoms with Gasteiger partial charge in [-0.15, -0.1) is 11.3 Å². The van der Waals surface area contributed by atoms with Gasteiger partial charge in [-0.2, -0.15) is 5.10 Å². The fourth-order valence-corrected chi connectivity index (χ4v) is 4.49. The van der Waals surface area contributed by atoms with Crippen molar-refractivity contribution in [2.75, 3.05) is 11.9 Å². The third kappa shape index (κ3) is 4.41. The average molecular weight is 472 g/mol. The van der Waals surface area contributed by atoms with Gasteiger partial charge in [0.05, 0.1) is 18.1 Å². The molecule has 0 spiro atoms. The summed E-state index contributed by atoms with van der Waals surface area (Å²) in [6.07, 6.45) is 1.55. The van der Waals surface area contributed by atoms with E-state index in [-0.39, 0.29) is 10.4 Å². The zero-order valence-electron chi connectivity index (χ0n) is 17.1. The predicted octanol–water partition coefficient (Wildman–Crippen LogP) is 3.30. The van der Waals surface area contributed by atoms with E-state index in [4.69, 9.17) is 16.3 Å². The van der Waals surface area contributed by atoms with Crippen molar-refractivity contribution in [1.82, 2.24) is 19.7 Å². The first kappa shape index (κ1) is 21.7. The summed E-state index contributed by atoms with van der Waals surface area (Å²) in [4.78, 5) is 44.6. The Balaban J connectivity index is 1.42. The molecule has 0 atom stereocenters. The van der Waals surface area contributed by atoms with Gasteiger partial charge >= 0.3 is 5.97 Å². The number of aromatic amines is 1. The van der Waals surface area contributed by atoms with Crippen LogP contribution in [-0.2, 0) is 16.1 Å². The van der Waals surface area contributed by atoms with E-state index in [1.807, 2.05) is 18.2 Å². The number of nitrogens with zero attached hydrogens (tertiary/aromatic N) is 3. The molecule has 1 amide bonds. The Labute approximate surface area is 191 Å². The van der Waals surface area contributed by atoms with Crippen molar-refractivity contribution in [3.05, 3.63) is 73.7 Å². The van der Waals surface area contributed by atoms with Crippen LogP contribution in [0, 0.1) is 13.8 Å². The van der Waals surface area contributed by atoms with Crippen molar-refractivity contribution in [2.45, 2.75) is 20.4 Å². The minimum Gasteiger partial charge on any atom is -0.451 e. The number of anilines is 1. The molecule has 3 heterocycles. The number of thiophene rings is 1. The summed E-state index contributed by atoms with van der Waals surface area (Å²) in [5, 5.41) is 7.81. The minimum absolute atomic E-state index is 0.236. The Hall–Kier alpha value is -3.50. The number of hydrogen-bond donors (Lipinski definition) is 2. The highest BCUT2D eigenvalue weighted by Crippen LogP contribution is 2.27. The highest BCUT2D eigenvalue weighted by molar-refractivity contribution is 7.20. The van der Waals surface area contributed by atoms with Crippen LogP contribution in [0.25, 0.3) is 10.2 Å². The summed E-state index contributed by atoms with van der Waals surface area (Å²) in [6, 6.07) is 8.97. The Bertz CT molecular complexity index is 1390. The third-order valence-electron chi connectivity index (χ3n) is 4.70. The molecule has 0 aliphatic carbocycles. The minimum atomic E-state index is -0.692. The number of aromatic nitrogens is 4. The highest BCUT2D eigenvalue weighted by atomic mass is 35.5. The van der Waals surface area contributed by atoms with Gasteiger partial charge in [-0.05, 0) is 31.0 Å². The summed E-state index contributed by atoms with van der Waals surface area (Å²) in [5.41, 5.74) is 1.01. The molecule has 2 N–H and O–H groups in total. The van der Waals surface area contributed by atoms with Crippen LogP contribution in [0.2, 0.25) is 5.02 Å². The van der Waals surface area contributed by atoms with Crippen molar-refractivity contribution < 1.29 is 14.3 Å². The van der Waals surface area contributed by atoms with Crippen LogP contribution in [-0.4, -0.2) is 38.2 Å². The fraction of sp³-hybridized carbons (Fsp3) is 0.190. The monoisotopic (exact) mass is 471 g/mol. The summed E-state index contributed by atoms with van der Waals surface area (Å²) in [6.45, 7) is 3.18. The first-order valence-corrected chi connectivity index (χ1v) is 10.7. The molecule has 1 aromatic carbocycles. The van der Waals surface area contributed by atoms with Crippen LogP contribution >= 0.6 is 22.9 Å². The lowest BCUT2D eigenvalue weighted by atomic mass is 10.2. The van der Waals surface area contributed by atoms with Crippen molar-refractivity contribution in [1.29, 1.82) is 0 Å². The van der Waals surface area contributed by atoms with Crippen LogP contribution in [0.3, 0.4) is 0 Å². The van der Waals surface area contributed by atoms with Gasteiger partial charge in [-0.1, -0.05) is 29.8 Å². The summed E-state index contributed by atoms with van der Waals surface area (Å²) < 4.78 is 6.75. The number of rotatable bonds is 6. The SMILES string of the molecule is Cc1nc2sc(C(=O)OCC(=O)Nc3ccnn3Cc3ccccc3Cl)c(C)c2c(=O)[nH]1. The summed E-state index contributed by atoms with van der Waals surface area (Å²) in [5.74, 6) is -0.321. The van der Waals surface area contributed by atoms with Gasteiger partial charge in [0.25, 0.3) is 11.5 Å². The Morgan fingerprint density at radius 3 is 2.81 bits per heavy atom. The topological polar surface area (TPSA) is 119 Å². The maximum Gasteiger partial charge on any atom is 0.349 e. The molecule has 0 aliphatic heterocycles. The Morgan fingerprint density at radius 2 is 2.03 bits per heavy atom. The number of benzene rings is 1.